The van der Waals surface area contributed by atoms with Gasteiger partial charge in [0.05, 0.1) is 0 Å². The van der Waals surface area contributed by atoms with Crippen molar-refractivity contribution in [2.45, 2.75) is 26.1 Å². The summed E-state index contributed by atoms with van der Waals surface area (Å²) in [4.78, 5) is 20.5. The molecule has 0 aliphatic carbocycles. The molecule has 0 amide bonds. The Morgan fingerprint density at radius 2 is 1.91 bits per heavy atom. The highest BCUT2D eigenvalue weighted by atomic mass is 31.2. The SMILES string of the molecule is Cc1cc(C(O)P(=O)(O)CCCN)cc(C)c1OCC(=O)O. The first kappa shape index (κ1) is 18.6. The molecule has 2 atom stereocenters. The van der Waals surface area contributed by atoms with Crippen molar-refractivity contribution in [2.24, 2.45) is 5.73 Å². The molecule has 22 heavy (non-hydrogen) atoms. The number of carbonyl (C=O) groups is 1. The van der Waals surface area contributed by atoms with E-state index in [0.29, 0.717) is 28.9 Å². The Hall–Kier alpha value is -1.40. The standard InChI is InChI=1S/C14H22NO6P/c1-9-6-11(14(18)22(19,20)5-3-4-15)7-10(2)13(9)21-8-12(16)17/h6-7,14,18H,3-5,8,15H2,1-2H3,(H,16,17)(H,19,20). The maximum Gasteiger partial charge on any atom is 0.341 e. The average Bonchev–Trinajstić information content (AvgIpc) is 2.42. The van der Waals surface area contributed by atoms with Gasteiger partial charge in [-0.2, -0.15) is 0 Å². The minimum Gasteiger partial charge on any atom is -0.481 e. The van der Waals surface area contributed by atoms with E-state index >= 15 is 0 Å². The Bertz CT molecular complexity index is 566. The van der Waals surface area contributed by atoms with Crippen molar-refractivity contribution < 1.29 is 29.2 Å². The van der Waals surface area contributed by atoms with Crippen molar-refractivity contribution in [3.05, 3.63) is 28.8 Å². The van der Waals surface area contributed by atoms with E-state index in [9.17, 15) is 19.4 Å². The van der Waals surface area contributed by atoms with Gasteiger partial charge in [0.1, 0.15) is 5.75 Å². The number of carboxylic acid groups (broad SMARTS) is 1. The van der Waals surface area contributed by atoms with Gasteiger partial charge in [-0.05, 0) is 55.6 Å². The quantitative estimate of drug-likeness (QED) is 0.529. The number of nitrogens with two attached hydrogens (primary N) is 1. The molecule has 0 aliphatic rings. The topological polar surface area (TPSA) is 130 Å². The van der Waals surface area contributed by atoms with Crippen LogP contribution in [0.25, 0.3) is 0 Å². The first-order valence-corrected chi connectivity index (χ1v) is 8.75. The zero-order valence-corrected chi connectivity index (χ0v) is 13.5. The molecule has 2 unspecified atom stereocenters. The summed E-state index contributed by atoms with van der Waals surface area (Å²) in [7, 11) is -3.77. The highest BCUT2D eigenvalue weighted by Gasteiger charge is 2.30. The summed E-state index contributed by atoms with van der Waals surface area (Å²) in [6, 6.07) is 3.06. The zero-order chi connectivity index (χ0) is 16.9. The Morgan fingerprint density at radius 3 is 2.36 bits per heavy atom. The molecule has 124 valence electrons. The van der Waals surface area contributed by atoms with Crippen LogP contribution in [0.5, 0.6) is 5.75 Å². The second-order valence-corrected chi connectivity index (χ2v) is 7.61. The smallest absolute Gasteiger partial charge is 0.341 e. The Balaban J connectivity index is 3.02. The Labute approximate surface area is 129 Å². The van der Waals surface area contributed by atoms with Crippen LogP contribution in [0.1, 0.15) is 29.0 Å². The van der Waals surface area contributed by atoms with Gasteiger partial charge in [0.25, 0.3) is 0 Å². The molecule has 7 nitrogen and oxygen atoms in total. The summed E-state index contributed by atoms with van der Waals surface area (Å²) in [5.41, 5.74) is 6.81. The minimum absolute atomic E-state index is 0.0555. The van der Waals surface area contributed by atoms with E-state index in [0.717, 1.165) is 0 Å². The van der Waals surface area contributed by atoms with E-state index in [2.05, 4.69) is 0 Å². The molecular formula is C14H22NO6P. The van der Waals surface area contributed by atoms with Crippen molar-refractivity contribution in [3.63, 3.8) is 0 Å². The van der Waals surface area contributed by atoms with Crippen LogP contribution < -0.4 is 10.5 Å². The normalized spacial score (nSPS) is 15.1. The second kappa shape index (κ2) is 7.74. The van der Waals surface area contributed by atoms with Crippen LogP contribution in [0, 0.1) is 13.8 Å². The van der Waals surface area contributed by atoms with Crippen molar-refractivity contribution in [3.8, 4) is 5.75 Å². The fourth-order valence-corrected chi connectivity index (χ4v) is 3.66. The Morgan fingerprint density at radius 1 is 1.36 bits per heavy atom. The van der Waals surface area contributed by atoms with Gasteiger partial charge < -0.3 is 25.6 Å². The molecule has 0 bridgehead atoms. The third-order valence-electron chi connectivity index (χ3n) is 3.19. The van der Waals surface area contributed by atoms with E-state index in [4.69, 9.17) is 15.6 Å². The number of aliphatic hydroxyl groups is 1. The lowest BCUT2D eigenvalue weighted by molar-refractivity contribution is -0.139. The lowest BCUT2D eigenvalue weighted by Crippen LogP contribution is -2.12. The lowest BCUT2D eigenvalue weighted by Gasteiger charge is -2.20. The van der Waals surface area contributed by atoms with E-state index in [1.807, 2.05) is 0 Å². The molecule has 1 aromatic carbocycles. The van der Waals surface area contributed by atoms with Gasteiger partial charge in [-0.3, -0.25) is 4.57 Å². The first-order chi connectivity index (χ1) is 10.2. The first-order valence-electron chi connectivity index (χ1n) is 6.84. The van der Waals surface area contributed by atoms with Crippen LogP contribution in [0.2, 0.25) is 0 Å². The van der Waals surface area contributed by atoms with Gasteiger partial charge in [0.15, 0.2) is 12.5 Å². The van der Waals surface area contributed by atoms with Gasteiger partial charge in [0.2, 0.25) is 7.37 Å². The molecule has 1 rings (SSSR count). The summed E-state index contributed by atoms with van der Waals surface area (Å²) in [5.74, 6) is -2.19. The lowest BCUT2D eigenvalue weighted by atomic mass is 10.1. The molecule has 0 heterocycles. The highest BCUT2D eigenvalue weighted by molar-refractivity contribution is 7.58. The summed E-state index contributed by atoms with van der Waals surface area (Å²) in [6.07, 6.45) is 0.294. The van der Waals surface area contributed by atoms with Crippen LogP contribution >= 0.6 is 7.37 Å². The van der Waals surface area contributed by atoms with E-state index in [1.54, 1.807) is 13.8 Å². The van der Waals surface area contributed by atoms with Gasteiger partial charge in [-0.1, -0.05) is 0 Å². The van der Waals surface area contributed by atoms with Crippen molar-refractivity contribution in [1.29, 1.82) is 0 Å². The molecule has 0 saturated carbocycles. The fraction of sp³-hybridized carbons (Fsp3) is 0.500. The van der Waals surface area contributed by atoms with Crippen LogP contribution in [-0.4, -0.2) is 40.4 Å². The third kappa shape index (κ3) is 4.81. The highest BCUT2D eigenvalue weighted by Crippen LogP contribution is 2.54. The van der Waals surface area contributed by atoms with Crippen molar-refractivity contribution in [2.75, 3.05) is 19.3 Å². The monoisotopic (exact) mass is 331 g/mol. The predicted molar refractivity (Wildman–Crippen MR) is 82.4 cm³/mol. The number of ether oxygens (including phenoxy) is 1. The Kier molecular flexibility index (Phi) is 6.56. The number of rotatable bonds is 8. The van der Waals surface area contributed by atoms with Gasteiger partial charge >= 0.3 is 5.97 Å². The zero-order valence-electron chi connectivity index (χ0n) is 12.7. The summed E-state index contributed by atoms with van der Waals surface area (Å²) < 4.78 is 17.3. The second-order valence-electron chi connectivity index (χ2n) is 5.16. The summed E-state index contributed by atoms with van der Waals surface area (Å²) in [5, 5.41) is 18.8. The van der Waals surface area contributed by atoms with E-state index < -0.39 is 25.8 Å². The van der Waals surface area contributed by atoms with Gasteiger partial charge in [-0.25, -0.2) is 4.79 Å². The number of aliphatic hydroxyl groups excluding tert-OH is 1. The largest absolute Gasteiger partial charge is 0.481 e. The average molecular weight is 331 g/mol. The molecule has 0 aromatic heterocycles. The molecule has 0 aliphatic heterocycles. The molecule has 8 heteroatoms. The molecule has 0 spiro atoms. The molecule has 0 fully saturated rings. The van der Waals surface area contributed by atoms with Crippen LogP contribution in [0.3, 0.4) is 0 Å². The molecular weight excluding hydrogens is 309 g/mol. The van der Waals surface area contributed by atoms with Crippen LogP contribution in [-0.2, 0) is 9.36 Å². The summed E-state index contributed by atoms with van der Waals surface area (Å²) >= 11 is 0. The third-order valence-corrected chi connectivity index (χ3v) is 5.21. The van der Waals surface area contributed by atoms with Crippen molar-refractivity contribution in [1.82, 2.24) is 0 Å². The number of hydrogen-bond donors (Lipinski definition) is 4. The molecule has 1 aromatic rings. The maximum atomic E-state index is 12.1. The number of carboxylic acids is 1. The maximum absolute atomic E-state index is 12.1. The van der Waals surface area contributed by atoms with Crippen molar-refractivity contribution >= 4 is 13.3 Å². The number of hydrogen-bond acceptors (Lipinski definition) is 5. The molecule has 0 radical (unpaired) electrons. The number of aryl methyl sites for hydroxylation is 2. The van der Waals surface area contributed by atoms with Crippen LogP contribution in [0.4, 0.5) is 0 Å². The fourth-order valence-electron chi connectivity index (χ4n) is 2.17. The molecule has 5 N–H and O–H groups in total. The van der Waals surface area contributed by atoms with Gasteiger partial charge in [0, 0.05) is 6.16 Å². The summed E-state index contributed by atoms with van der Waals surface area (Å²) in [6.45, 7) is 3.17. The van der Waals surface area contributed by atoms with Crippen LogP contribution in [0.15, 0.2) is 12.1 Å². The number of benzene rings is 1. The van der Waals surface area contributed by atoms with E-state index in [1.165, 1.54) is 12.1 Å². The number of aliphatic carboxylic acids is 1. The van der Waals surface area contributed by atoms with E-state index in [-0.39, 0.29) is 12.7 Å². The minimum atomic E-state index is -3.77. The van der Waals surface area contributed by atoms with Gasteiger partial charge in [-0.15, -0.1) is 0 Å². The molecule has 0 saturated heterocycles. The predicted octanol–water partition coefficient (Wildman–Crippen LogP) is 1.38.